The van der Waals surface area contributed by atoms with Crippen LogP contribution in [0, 0.1) is 6.92 Å². The molecular formula is C29H33ClN2O5S. The van der Waals surface area contributed by atoms with Crippen LogP contribution in [-0.2, 0) is 22.5 Å². The molecule has 7 nitrogen and oxygen atoms in total. The number of rotatable bonds is 11. The highest BCUT2D eigenvalue weighted by Crippen LogP contribution is 2.30. The van der Waals surface area contributed by atoms with Crippen LogP contribution in [-0.4, -0.2) is 40.3 Å². The summed E-state index contributed by atoms with van der Waals surface area (Å²) in [5.74, 6) is -0.576. The number of aryl methyl sites for hydroxylation is 1. The van der Waals surface area contributed by atoms with Crippen molar-refractivity contribution < 1.29 is 24.2 Å². The Morgan fingerprint density at radius 2 is 1.87 bits per heavy atom. The van der Waals surface area contributed by atoms with Crippen molar-refractivity contribution in [3.8, 4) is 16.3 Å². The lowest BCUT2D eigenvalue weighted by molar-refractivity contribution is -0.153. The van der Waals surface area contributed by atoms with Gasteiger partial charge in [0.1, 0.15) is 16.5 Å². The van der Waals surface area contributed by atoms with Gasteiger partial charge in [0.25, 0.3) is 5.91 Å². The Balaban J connectivity index is 1.52. The highest BCUT2D eigenvalue weighted by atomic mass is 35.5. The maximum absolute atomic E-state index is 13.1. The van der Waals surface area contributed by atoms with E-state index in [4.69, 9.17) is 21.1 Å². The van der Waals surface area contributed by atoms with Crippen LogP contribution in [0.15, 0.2) is 42.5 Å². The van der Waals surface area contributed by atoms with E-state index < -0.39 is 12.1 Å². The first kappa shape index (κ1) is 28.1. The number of carboxylic acids is 1. The molecule has 0 aliphatic heterocycles. The van der Waals surface area contributed by atoms with Gasteiger partial charge in [0, 0.05) is 34.0 Å². The topological polar surface area (TPSA) is 97.8 Å². The Labute approximate surface area is 232 Å². The number of aliphatic carboxylic acids is 1. The molecule has 1 heterocycles. The average Bonchev–Trinajstić information content (AvgIpc) is 3.53. The molecule has 9 heteroatoms. The number of aromatic nitrogens is 1. The van der Waals surface area contributed by atoms with Gasteiger partial charge in [-0.15, -0.1) is 11.3 Å². The summed E-state index contributed by atoms with van der Waals surface area (Å²) in [6.45, 7) is 5.73. The van der Waals surface area contributed by atoms with E-state index >= 15 is 0 Å². The number of hydrogen-bond acceptors (Lipinski definition) is 6. The molecule has 0 spiro atoms. The Kier molecular flexibility index (Phi) is 9.41. The largest absolute Gasteiger partial charge is 0.490 e. The second-order valence-corrected chi connectivity index (χ2v) is 11.4. The highest BCUT2D eigenvalue weighted by Gasteiger charge is 2.23. The van der Waals surface area contributed by atoms with Gasteiger partial charge < -0.3 is 19.9 Å². The second kappa shape index (κ2) is 12.7. The summed E-state index contributed by atoms with van der Waals surface area (Å²) < 4.78 is 11.9. The maximum atomic E-state index is 13.1. The fourth-order valence-electron chi connectivity index (χ4n) is 4.52. The van der Waals surface area contributed by atoms with Crippen molar-refractivity contribution in [2.45, 2.75) is 77.7 Å². The number of halogens is 1. The minimum Gasteiger partial charge on any atom is -0.490 e. The molecule has 2 N–H and O–H groups in total. The van der Waals surface area contributed by atoms with Gasteiger partial charge >= 0.3 is 5.97 Å². The van der Waals surface area contributed by atoms with Crippen LogP contribution in [0.4, 0.5) is 0 Å². The lowest BCUT2D eigenvalue weighted by Gasteiger charge is -2.20. The predicted molar refractivity (Wildman–Crippen MR) is 149 cm³/mol. The molecule has 0 bridgehead atoms. The number of carbonyl (C=O) groups is 2. The van der Waals surface area contributed by atoms with Gasteiger partial charge in [0.05, 0.1) is 12.2 Å². The number of thiazole rings is 1. The second-order valence-electron chi connectivity index (χ2n) is 9.80. The van der Waals surface area contributed by atoms with E-state index in [1.165, 1.54) is 11.3 Å². The summed E-state index contributed by atoms with van der Waals surface area (Å²) in [6.07, 6.45) is 3.48. The quantitative estimate of drug-likeness (QED) is 0.282. The predicted octanol–water partition coefficient (Wildman–Crippen LogP) is 6.44. The fraction of sp³-hybridized carbons (Fsp3) is 0.414. The zero-order valence-corrected chi connectivity index (χ0v) is 23.4. The van der Waals surface area contributed by atoms with Crippen molar-refractivity contribution in [2.24, 2.45) is 0 Å². The van der Waals surface area contributed by atoms with E-state index in [-0.39, 0.29) is 31.1 Å². The van der Waals surface area contributed by atoms with Crippen LogP contribution >= 0.6 is 22.9 Å². The molecule has 0 saturated heterocycles. The smallest absolute Gasteiger partial charge is 0.333 e. The van der Waals surface area contributed by atoms with Crippen LogP contribution in [0.5, 0.6) is 5.75 Å². The van der Waals surface area contributed by atoms with Crippen molar-refractivity contribution >= 4 is 34.8 Å². The summed E-state index contributed by atoms with van der Waals surface area (Å²) in [5, 5.41) is 14.0. The Morgan fingerprint density at radius 1 is 1.16 bits per heavy atom. The van der Waals surface area contributed by atoms with Crippen molar-refractivity contribution in [1.82, 2.24) is 10.3 Å². The molecule has 1 atom stereocenters. The summed E-state index contributed by atoms with van der Waals surface area (Å²) in [4.78, 5) is 30.3. The van der Waals surface area contributed by atoms with Crippen molar-refractivity contribution in [3.63, 3.8) is 0 Å². The van der Waals surface area contributed by atoms with Gasteiger partial charge in [-0.3, -0.25) is 4.79 Å². The first-order chi connectivity index (χ1) is 18.2. The van der Waals surface area contributed by atoms with Gasteiger partial charge in [-0.25, -0.2) is 9.78 Å². The minimum atomic E-state index is -1.00. The summed E-state index contributed by atoms with van der Waals surface area (Å²) in [6, 6.07) is 13.0. The molecule has 1 aliphatic rings. The fourth-order valence-corrected chi connectivity index (χ4v) is 5.56. The lowest BCUT2D eigenvalue weighted by Crippen LogP contribution is -2.29. The molecule has 1 aromatic heterocycles. The van der Waals surface area contributed by atoms with E-state index in [9.17, 15) is 14.7 Å². The highest BCUT2D eigenvalue weighted by molar-refractivity contribution is 7.15. The molecule has 2 aromatic carbocycles. The van der Waals surface area contributed by atoms with Crippen molar-refractivity contribution in [1.29, 1.82) is 0 Å². The third-order valence-corrected chi connectivity index (χ3v) is 7.67. The molecule has 0 radical (unpaired) electrons. The minimum absolute atomic E-state index is 0.147. The van der Waals surface area contributed by atoms with E-state index in [1.54, 1.807) is 12.1 Å². The first-order valence-electron chi connectivity index (χ1n) is 12.9. The summed E-state index contributed by atoms with van der Waals surface area (Å²) >= 11 is 7.46. The van der Waals surface area contributed by atoms with E-state index in [0.717, 1.165) is 52.3 Å². The van der Waals surface area contributed by atoms with Crippen LogP contribution in [0.1, 0.15) is 66.0 Å². The van der Waals surface area contributed by atoms with Gasteiger partial charge in [-0.05, 0) is 70.2 Å². The molecular weight excluding hydrogens is 524 g/mol. The number of nitrogens with one attached hydrogen (secondary N) is 1. The molecule has 1 aliphatic carbocycles. The van der Waals surface area contributed by atoms with E-state index in [2.05, 4.69) is 10.3 Å². The number of nitrogens with zero attached hydrogens (tertiary/aromatic N) is 1. The Morgan fingerprint density at radius 3 is 2.53 bits per heavy atom. The van der Waals surface area contributed by atoms with Gasteiger partial charge in [0.15, 0.2) is 6.10 Å². The summed E-state index contributed by atoms with van der Waals surface area (Å²) in [5.41, 5.74) is 2.88. The number of carbonyl (C=O) groups excluding carboxylic acids is 1. The zero-order valence-electron chi connectivity index (χ0n) is 21.8. The molecule has 4 rings (SSSR count). The third kappa shape index (κ3) is 7.34. The number of hydrogen-bond donors (Lipinski definition) is 2. The van der Waals surface area contributed by atoms with Gasteiger partial charge in [-0.1, -0.05) is 35.9 Å². The normalized spacial score (nSPS) is 14.6. The van der Waals surface area contributed by atoms with Crippen LogP contribution < -0.4 is 10.1 Å². The zero-order chi connectivity index (χ0) is 27.2. The standard InChI is InChI=1S/C29H33ClN2O5S/c1-17(2)36-25(29(34)35)15-19-8-13-24(37-23-6-4-5-7-23)21(14-19)16-31-27(33)26-18(3)38-28(32-26)20-9-11-22(30)12-10-20/h8-14,17,23,25H,4-7,15-16H2,1-3H3,(H,31,33)(H,34,35). The molecule has 1 unspecified atom stereocenters. The SMILES string of the molecule is Cc1sc(-c2ccc(Cl)cc2)nc1C(=O)NCc1cc(CC(OC(C)C)C(=O)O)ccc1OC1CCCC1. The van der Waals surface area contributed by atoms with Crippen LogP contribution in [0.3, 0.4) is 0 Å². The maximum Gasteiger partial charge on any atom is 0.333 e. The Bertz CT molecular complexity index is 1270. The molecule has 202 valence electrons. The van der Waals surface area contributed by atoms with E-state index in [0.29, 0.717) is 16.5 Å². The third-order valence-electron chi connectivity index (χ3n) is 6.40. The average molecular weight is 557 g/mol. The molecule has 1 fully saturated rings. The van der Waals surface area contributed by atoms with E-state index in [1.807, 2.05) is 51.1 Å². The van der Waals surface area contributed by atoms with Crippen molar-refractivity contribution in [2.75, 3.05) is 0 Å². The molecule has 1 saturated carbocycles. The summed E-state index contributed by atoms with van der Waals surface area (Å²) in [7, 11) is 0. The van der Waals surface area contributed by atoms with Crippen molar-refractivity contribution in [3.05, 3.63) is 69.2 Å². The molecule has 1 amide bonds. The van der Waals surface area contributed by atoms with Gasteiger partial charge in [-0.2, -0.15) is 0 Å². The monoisotopic (exact) mass is 556 g/mol. The lowest BCUT2D eigenvalue weighted by atomic mass is 10.0. The van der Waals surface area contributed by atoms with Crippen LogP contribution in [0.25, 0.3) is 10.6 Å². The van der Waals surface area contributed by atoms with Gasteiger partial charge in [0.2, 0.25) is 0 Å². The molecule has 38 heavy (non-hydrogen) atoms. The number of benzene rings is 2. The number of amides is 1. The number of ether oxygens (including phenoxy) is 2. The number of carboxylic acid groups (broad SMARTS) is 1. The molecule has 3 aromatic rings. The first-order valence-corrected chi connectivity index (χ1v) is 14.1. The van der Waals surface area contributed by atoms with Crippen LogP contribution in [0.2, 0.25) is 5.02 Å². The Hall–Kier alpha value is -2.94.